The third kappa shape index (κ3) is 4.18. The van der Waals surface area contributed by atoms with Gasteiger partial charge in [0.15, 0.2) is 0 Å². The second-order valence-corrected chi connectivity index (χ2v) is 6.50. The number of piperazine rings is 1. The average Bonchev–Trinajstić information content (AvgIpc) is 2.96. The van der Waals surface area contributed by atoms with E-state index < -0.39 is 0 Å². The molecule has 2 aliphatic rings. The molecule has 0 spiro atoms. The molecule has 5 heteroatoms. The molecular formula is C15H23BrClN3. The summed E-state index contributed by atoms with van der Waals surface area (Å²) in [6.45, 7) is 8.32. The molecule has 0 bridgehead atoms. The summed E-state index contributed by atoms with van der Waals surface area (Å²) in [6.07, 6.45) is 1.33. The topological polar surface area (TPSA) is 18.5 Å². The molecule has 2 saturated heterocycles. The van der Waals surface area contributed by atoms with Gasteiger partial charge in [0.05, 0.1) is 0 Å². The molecule has 1 aromatic carbocycles. The third-order valence-corrected chi connectivity index (χ3v) is 4.81. The highest BCUT2D eigenvalue weighted by Gasteiger charge is 2.25. The first-order valence-corrected chi connectivity index (χ1v) is 8.02. The molecule has 0 radical (unpaired) electrons. The van der Waals surface area contributed by atoms with E-state index in [0.717, 1.165) is 17.1 Å². The van der Waals surface area contributed by atoms with Crippen LogP contribution in [0.1, 0.15) is 12.0 Å². The largest absolute Gasteiger partial charge is 0.315 e. The molecule has 2 heterocycles. The van der Waals surface area contributed by atoms with Crippen molar-refractivity contribution in [3.8, 4) is 0 Å². The Morgan fingerprint density at radius 2 is 1.80 bits per heavy atom. The molecule has 2 aliphatic heterocycles. The molecule has 1 unspecified atom stereocenters. The predicted octanol–water partition coefficient (Wildman–Crippen LogP) is 2.35. The maximum Gasteiger partial charge on any atom is 0.0234 e. The van der Waals surface area contributed by atoms with Gasteiger partial charge in [-0.25, -0.2) is 0 Å². The Morgan fingerprint density at radius 1 is 1.10 bits per heavy atom. The highest BCUT2D eigenvalue weighted by molar-refractivity contribution is 9.10. The van der Waals surface area contributed by atoms with Crippen molar-refractivity contribution in [3.05, 3.63) is 34.3 Å². The van der Waals surface area contributed by atoms with E-state index in [9.17, 15) is 0 Å². The van der Waals surface area contributed by atoms with Crippen molar-refractivity contribution >= 4 is 28.3 Å². The fourth-order valence-electron chi connectivity index (χ4n) is 3.09. The number of nitrogens with one attached hydrogen (secondary N) is 1. The molecule has 3 rings (SSSR count). The van der Waals surface area contributed by atoms with Crippen LogP contribution in [0.3, 0.4) is 0 Å². The van der Waals surface area contributed by atoms with Crippen LogP contribution in [0.15, 0.2) is 28.7 Å². The minimum Gasteiger partial charge on any atom is -0.315 e. The number of rotatable bonds is 3. The Hall–Kier alpha value is -0.130. The van der Waals surface area contributed by atoms with E-state index in [1.165, 1.54) is 51.3 Å². The smallest absolute Gasteiger partial charge is 0.0234 e. The maximum absolute atomic E-state index is 3.49. The van der Waals surface area contributed by atoms with E-state index in [0.29, 0.717) is 0 Å². The van der Waals surface area contributed by atoms with Gasteiger partial charge in [-0.05, 0) is 30.7 Å². The molecule has 0 amide bonds. The number of nitrogens with zero attached hydrogens (tertiary/aromatic N) is 2. The van der Waals surface area contributed by atoms with Crippen LogP contribution < -0.4 is 5.32 Å². The van der Waals surface area contributed by atoms with Gasteiger partial charge < -0.3 is 5.32 Å². The summed E-state index contributed by atoms with van der Waals surface area (Å²) in [4.78, 5) is 5.24. The zero-order valence-electron chi connectivity index (χ0n) is 11.7. The van der Waals surface area contributed by atoms with E-state index in [1.807, 2.05) is 0 Å². The average molecular weight is 361 g/mol. The van der Waals surface area contributed by atoms with Crippen molar-refractivity contribution in [1.82, 2.24) is 15.1 Å². The Morgan fingerprint density at radius 3 is 2.40 bits per heavy atom. The van der Waals surface area contributed by atoms with Gasteiger partial charge >= 0.3 is 0 Å². The monoisotopic (exact) mass is 359 g/mol. The van der Waals surface area contributed by atoms with Crippen LogP contribution in [-0.4, -0.2) is 55.1 Å². The van der Waals surface area contributed by atoms with Crippen LogP contribution in [0.25, 0.3) is 0 Å². The molecule has 2 fully saturated rings. The van der Waals surface area contributed by atoms with Crippen molar-refractivity contribution < 1.29 is 0 Å². The van der Waals surface area contributed by atoms with Crippen molar-refractivity contribution in [1.29, 1.82) is 0 Å². The first kappa shape index (κ1) is 16.2. The lowest BCUT2D eigenvalue weighted by Gasteiger charge is -2.37. The van der Waals surface area contributed by atoms with Gasteiger partial charge in [-0.2, -0.15) is 0 Å². The first-order valence-electron chi connectivity index (χ1n) is 7.23. The van der Waals surface area contributed by atoms with E-state index in [1.54, 1.807) is 0 Å². The summed E-state index contributed by atoms with van der Waals surface area (Å²) in [7, 11) is 0. The van der Waals surface area contributed by atoms with Crippen LogP contribution in [0.4, 0.5) is 0 Å². The molecule has 0 aliphatic carbocycles. The summed E-state index contributed by atoms with van der Waals surface area (Å²) >= 11 is 3.49. The molecule has 112 valence electrons. The van der Waals surface area contributed by atoms with Crippen molar-refractivity contribution in [2.75, 3.05) is 39.3 Å². The lowest BCUT2D eigenvalue weighted by molar-refractivity contribution is 0.0981. The normalized spacial score (nSPS) is 24.6. The van der Waals surface area contributed by atoms with Crippen LogP contribution >= 0.6 is 28.3 Å². The third-order valence-electron chi connectivity index (χ3n) is 4.28. The van der Waals surface area contributed by atoms with Gasteiger partial charge in [-0.1, -0.05) is 28.1 Å². The number of benzene rings is 1. The van der Waals surface area contributed by atoms with Gasteiger partial charge in [-0.3, -0.25) is 9.80 Å². The molecule has 0 aromatic heterocycles. The van der Waals surface area contributed by atoms with Gasteiger partial charge in [0.25, 0.3) is 0 Å². The van der Waals surface area contributed by atoms with Crippen molar-refractivity contribution in [2.45, 2.75) is 19.0 Å². The summed E-state index contributed by atoms with van der Waals surface area (Å²) < 4.78 is 1.16. The summed E-state index contributed by atoms with van der Waals surface area (Å²) in [6, 6.07) is 9.50. The zero-order chi connectivity index (χ0) is 13.1. The Labute approximate surface area is 136 Å². The van der Waals surface area contributed by atoms with Crippen LogP contribution in [0.5, 0.6) is 0 Å². The molecule has 1 N–H and O–H groups in total. The fraction of sp³-hybridized carbons (Fsp3) is 0.600. The van der Waals surface area contributed by atoms with Gasteiger partial charge in [-0.15, -0.1) is 12.4 Å². The van der Waals surface area contributed by atoms with E-state index in [-0.39, 0.29) is 12.4 Å². The second-order valence-electron chi connectivity index (χ2n) is 5.59. The van der Waals surface area contributed by atoms with Crippen LogP contribution in [-0.2, 0) is 6.54 Å². The number of hydrogen-bond donors (Lipinski definition) is 1. The van der Waals surface area contributed by atoms with E-state index in [4.69, 9.17) is 0 Å². The van der Waals surface area contributed by atoms with Crippen LogP contribution in [0.2, 0.25) is 0 Å². The predicted molar refractivity (Wildman–Crippen MR) is 89.5 cm³/mol. The lowest BCUT2D eigenvalue weighted by atomic mass is 10.1. The molecule has 3 nitrogen and oxygen atoms in total. The molecule has 1 atom stereocenters. The minimum atomic E-state index is 0. The van der Waals surface area contributed by atoms with Gasteiger partial charge in [0, 0.05) is 49.8 Å². The highest BCUT2D eigenvalue weighted by atomic mass is 79.9. The SMILES string of the molecule is Brc1ccc(CN2CCN(C3CCNC3)CC2)cc1.Cl. The lowest BCUT2D eigenvalue weighted by Crippen LogP contribution is -2.50. The van der Waals surface area contributed by atoms with Gasteiger partial charge in [0.1, 0.15) is 0 Å². The number of hydrogen-bond acceptors (Lipinski definition) is 3. The first-order chi connectivity index (χ1) is 9.31. The standard InChI is InChI=1S/C15H22BrN3.ClH/c16-14-3-1-13(2-4-14)12-18-7-9-19(10-8-18)15-5-6-17-11-15;/h1-4,15,17H,5-12H2;1H. The van der Waals surface area contributed by atoms with Crippen molar-refractivity contribution in [2.24, 2.45) is 0 Å². The molecule has 1 aromatic rings. The second kappa shape index (κ2) is 7.76. The Kier molecular flexibility index (Phi) is 6.30. The van der Waals surface area contributed by atoms with E-state index >= 15 is 0 Å². The maximum atomic E-state index is 3.49. The molecule has 0 saturated carbocycles. The Bertz CT molecular complexity index is 398. The molecular weight excluding hydrogens is 338 g/mol. The summed E-state index contributed by atoms with van der Waals surface area (Å²) in [5.74, 6) is 0. The minimum absolute atomic E-state index is 0. The quantitative estimate of drug-likeness (QED) is 0.892. The van der Waals surface area contributed by atoms with Crippen LogP contribution in [0, 0.1) is 0 Å². The summed E-state index contributed by atoms with van der Waals surface area (Å²) in [5, 5.41) is 3.47. The zero-order valence-corrected chi connectivity index (χ0v) is 14.1. The highest BCUT2D eigenvalue weighted by Crippen LogP contribution is 2.15. The summed E-state index contributed by atoms with van der Waals surface area (Å²) in [5.41, 5.74) is 1.42. The van der Waals surface area contributed by atoms with E-state index in [2.05, 4.69) is 55.3 Å². The molecule has 20 heavy (non-hydrogen) atoms. The Balaban J connectivity index is 0.00000147. The number of halogens is 2. The van der Waals surface area contributed by atoms with Crippen molar-refractivity contribution in [3.63, 3.8) is 0 Å². The fourth-order valence-corrected chi connectivity index (χ4v) is 3.35. The van der Waals surface area contributed by atoms with Gasteiger partial charge in [0.2, 0.25) is 0 Å².